The zero-order chi connectivity index (χ0) is 19.4. The molecule has 1 aromatic rings. The number of methoxy groups -OCH3 is 1. The molecule has 0 fully saturated rings. The fourth-order valence-corrected chi connectivity index (χ4v) is 2.17. The highest BCUT2D eigenvalue weighted by Crippen LogP contribution is 2.24. The van der Waals surface area contributed by atoms with Crippen LogP contribution in [0.15, 0.2) is 12.1 Å². The molecular weight excluding hydrogens is 324 g/mol. The standard InChI is InChI=1S/C16H25NO3.C2H5NO2/c1-6-14-10-11(2)9-12(3)15(14)17-13(4)16(18)20-8-7-19-5;3-1-2(4)5/h9-10,13,17H,6-8H2,1-5H3;1,3H2,(H,4,5)/t13-;/m0./s1. The number of aliphatic carboxylic acids is 1. The Bertz CT molecular complexity index is 561. The maximum Gasteiger partial charge on any atom is 0.328 e. The number of aryl methyl sites for hydroxylation is 3. The van der Waals surface area contributed by atoms with Gasteiger partial charge < -0.3 is 25.6 Å². The van der Waals surface area contributed by atoms with Gasteiger partial charge >= 0.3 is 11.9 Å². The second-order valence-electron chi connectivity index (χ2n) is 5.59. The van der Waals surface area contributed by atoms with Crippen LogP contribution in [0.2, 0.25) is 0 Å². The van der Waals surface area contributed by atoms with Crippen LogP contribution in [0.3, 0.4) is 0 Å². The molecule has 0 aromatic heterocycles. The summed E-state index contributed by atoms with van der Waals surface area (Å²) in [4.78, 5) is 21.1. The van der Waals surface area contributed by atoms with Crippen molar-refractivity contribution in [3.63, 3.8) is 0 Å². The smallest absolute Gasteiger partial charge is 0.328 e. The van der Waals surface area contributed by atoms with Gasteiger partial charge in [-0.1, -0.05) is 24.6 Å². The van der Waals surface area contributed by atoms with Crippen molar-refractivity contribution in [2.45, 2.75) is 40.2 Å². The maximum atomic E-state index is 11.9. The highest BCUT2D eigenvalue weighted by molar-refractivity contribution is 5.79. The summed E-state index contributed by atoms with van der Waals surface area (Å²) in [7, 11) is 1.58. The van der Waals surface area contributed by atoms with Gasteiger partial charge in [0.2, 0.25) is 0 Å². The van der Waals surface area contributed by atoms with Crippen LogP contribution in [0.25, 0.3) is 0 Å². The first-order valence-corrected chi connectivity index (χ1v) is 8.20. The van der Waals surface area contributed by atoms with Gasteiger partial charge in [0, 0.05) is 12.8 Å². The van der Waals surface area contributed by atoms with Crippen molar-refractivity contribution in [1.82, 2.24) is 0 Å². The van der Waals surface area contributed by atoms with Crippen LogP contribution < -0.4 is 11.1 Å². The zero-order valence-corrected chi connectivity index (χ0v) is 15.7. The lowest BCUT2D eigenvalue weighted by molar-refractivity contribution is -0.145. The number of carbonyl (C=O) groups is 2. The summed E-state index contributed by atoms with van der Waals surface area (Å²) in [5.41, 5.74) is 9.22. The molecule has 7 nitrogen and oxygen atoms in total. The molecule has 25 heavy (non-hydrogen) atoms. The van der Waals surface area contributed by atoms with Gasteiger partial charge in [0.25, 0.3) is 0 Å². The minimum absolute atomic E-state index is 0.260. The molecule has 1 rings (SSSR count). The number of carboxylic acid groups (broad SMARTS) is 1. The number of nitrogens with two attached hydrogens (primary N) is 1. The Morgan fingerprint density at radius 2 is 1.88 bits per heavy atom. The number of esters is 1. The molecule has 0 bridgehead atoms. The number of hydrogen-bond acceptors (Lipinski definition) is 6. The highest BCUT2D eigenvalue weighted by atomic mass is 16.6. The third-order valence-electron chi connectivity index (χ3n) is 3.36. The second-order valence-corrected chi connectivity index (χ2v) is 5.59. The van der Waals surface area contributed by atoms with E-state index in [9.17, 15) is 9.59 Å². The SMILES string of the molecule is CCc1cc(C)cc(C)c1N[C@@H](C)C(=O)OCCOC.NCC(=O)O. The molecule has 0 aliphatic heterocycles. The van der Waals surface area contributed by atoms with Gasteiger partial charge in [0.15, 0.2) is 0 Å². The maximum absolute atomic E-state index is 11.9. The van der Waals surface area contributed by atoms with Crippen molar-refractivity contribution in [3.05, 3.63) is 28.8 Å². The Balaban J connectivity index is 0.00000101. The largest absolute Gasteiger partial charge is 0.480 e. The summed E-state index contributed by atoms with van der Waals surface area (Å²) in [6.07, 6.45) is 0.927. The Morgan fingerprint density at radius 3 is 2.36 bits per heavy atom. The molecule has 0 amide bonds. The van der Waals surface area contributed by atoms with Crippen molar-refractivity contribution in [3.8, 4) is 0 Å². The molecular formula is C18H30N2O5. The summed E-state index contributed by atoms with van der Waals surface area (Å²) in [6.45, 7) is 8.49. The third-order valence-corrected chi connectivity index (χ3v) is 3.36. The minimum Gasteiger partial charge on any atom is -0.480 e. The molecule has 1 aromatic carbocycles. The lowest BCUT2D eigenvalue weighted by Crippen LogP contribution is -2.29. The predicted octanol–water partition coefficient (Wildman–Crippen LogP) is 1.89. The van der Waals surface area contributed by atoms with E-state index < -0.39 is 5.97 Å². The van der Waals surface area contributed by atoms with Crippen molar-refractivity contribution < 1.29 is 24.2 Å². The zero-order valence-electron chi connectivity index (χ0n) is 15.7. The Hall–Kier alpha value is -2.12. The van der Waals surface area contributed by atoms with Crippen molar-refractivity contribution in [2.24, 2.45) is 5.73 Å². The average Bonchev–Trinajstić information content (AvgIpc) is 2.57. The number of carboxylic acids is 1. The lowest BCUT2D eigenvalue weighted by Gasteiger charge is -2.19. The number of anilines is 1. The van der Waals surface area contributed by atoms with Crippen LogP contribution in [0.5, 0.6) is 0 Å². The third kappa shape index (κ3) is 9.07. The van der Waals surface area contributed by atoms with Crippen LogP contribution in [-0.2, 0) is 25.5 Å². The van der Waals surface area contributed by atoms with Gasteiger partial charge in [0.1, 0.15) is 12.6 Å². The molecule has 0 heterocycles. The summed E-state index contributed by atoms with van der Waals surface area (Å²) in [5, 5.41) is 10.9. The summed E-state index contributed by atoms with van der Waals surface area (Å²) >= 11 is 0. The van der Waals surface area contributed by atoms with E-state index in [-0.39, 0.29) is 25.2 Å². The van der Waals surface area contributed by atoms with E-state index in [1.165, 1.54) is 11.1 Å². The second kappa shape index (κ2) is 12.3. The van der Waals surface area contributed by atoms with Crippen LogP contribution in [0, 0.1) is 13.8 Å². The average molecular weight is 354 g/mol. The number of rotatable bonds is 8. The molecule has 0 aliphatic rings. The van der Waals surface area contributed by atoms with Gasteiger partial charge in [-0.05, 0) is 38.3 Å². The highest BCUT2D eigenvalue weighted by Gasteiger charge is 2.16. The van der Waals surface area contributed by atoms with E-state index in [4.69, 9.17) is 14.6 Å². The quantitative estimate of drug-likeness (QED) is 0.483. The van der Waals surface area contributed by atoms with Gasteiger partial charge in [-0.2, -0.15) is 0 Å². The molecule has 4 N–H and O–H groups in total. The normalized spacial score (nSPS) is 11.1. The molecule has 0 saturated heterocycles. The first-order chi connectivity index (χ1) is 11.8. The molecule has 0 spiro atoms. The molecule has 142 valence electrons. The van der Waals surface area contributed by atoms with Gasteiger partial charge in [-0.3, -0.25) is 4.79 Å². The van der Waals surface area contributed by atoms with Crippen LogP contribution >= 0.6 is 0 Å². The first-order valence-electron chi connectivity index (χ1n) is 8.20. The summed E-state index contributed by atoms with van der Waals surface area (Å²) < 4.78 is 9.99. The van der Waals surface area contributed by atoms with Crippen LogP contribution in [0.4, 0.5) is 5.69 Å². The van der Waals surface area contributed by atoms with Gasteiger partial charge in [0.05, 0.1) is 13.2 Å². The van der Waals surface area contributed by atoms with Crippen molar-refractivity contribution in [2.75, 3.05) is 32.2 Å². The molecule has 1 atom stereocenters. The van der Waals surface area contributed by atoms with E-state index in [1.807, 2.05) is 6.92 Å². The fourth-order valence-electron chi connectivity index (χ4n) is 2.17. The number of benzene rings is 1. The molecule has 0 aliphatic carbocycles. The van der Waals surface area contributed by atoms with E-state index in [0.717, 1.165) is 17.7 Å². The topological polar surface area (TPSA) is 111 Å². The number of carbonyl (C=O) groups excluding carboxylic acids is 1. The van der Waals surface area contributed by atoms with Crippen molar-refractivity contribution >= 4 is 17.6 Å². The Kier molecular flexibility index (Phi) is 11.2. The first kappa shape index (κ1) is 22.9. The number of ether oxygens (including phenoxy) is 2. The Morgan fingerprint density at radius 1 is 1.28 bits per heavy atom. The predicted molar refractivity (Wildman–Crippen MR) is 97.9 cm³/mol. The molecule has 0 unspecified atom stereocenters. The molecule has 0 radical (unpaired) electrons. The number of nitrogens with one attached hydrogen (secondary N) is 1. The van der Waals surface area contributed by atoms with Crippen molar-refractivity contribution in [1.29, 1.82) is 0 Å². The van der Waals surface area contributed by atoms with Gasteiger partial charge in [-0.15, -0.1) is 0 Å². The molecule has 0 saturated carbocycles. The van der Waals surface area contributed by atoms with E-state index in [1.54, 1.807) is 7.11 Å². The number of hydrogen-bond donors (Lipinski definition) is 3. The lowest BCUT2D eigenvalue weighted by atomic mass is 10.0. The Labute approximate surface area is 149 Å². The minimum atomic E-state index is -0.968. The van der Waals surface area contributed by atoms with Crippen LogP contribution in [-0.4, -0.2) is 50.0 Å². The fraction of sp³-hybridized carbons (Fsp3) is 0.556. The van der Waals surface area contributed by atoms with E-state index in [2.05, 4.69) is 44.0 Å². The van der Waals surface area contributed by atoms with E-state index >= 15 is 0 Å². The van der Waals surface area contributed by atoms with Gasteiger partial charge in [-0.25, -0.2) is 4.79 Å². The monoisotopic (exact) mass is 354 g/mol. The summed E-state index contributed by atoms with van der Waals surface area (Å²) in [6, 6.07) is 3.89. The summed E-state index contributed by atoms with van der Waals surface area (Å²) in [5.74, 6) is -1.23. The van der Waals surface area contributed by atoms with Crippen LogP contribution in [0.1, 0.15) is 30.5 Å². The molecule has 7 heteroatoms. The van der Waals surface area contributed by atoms with E-state index in [0.29, 0.717) is 6.61 Å².